The Balaban J connectivity index is 0.00000441. The van der Waals surface area contributed by atoms with Crippen LogP contribution >= 0.6 is 12.4 Å². The number of benzene rings is 1. The van der Waals surface area contributed by atoms with Crippen LogP contribution in [0.25, 0.3) is 0 Å². The second-order valence-corrected chi connectivity index (χ2v) is 6.31. The SMILES string of the molecule is CCC(N)(CC)CNC(=O)CC(c1ccccc1)C(C)C.Cl. The van der Waals surface area contributed by atoms with Crippen molar-refractivity contribution in [2.45, 2.75) is 58.4 Å². The molecule has 0 saturated carbocycles. The molecule has 1 aromatic carbocycles. The van der Waals surface area contributed by atoms with E-state index in [1.54, 1.807) is 0 Å². The molecule has 3 N–H and O–H groups in total. The van der Waals surface area contributed by atoms with Crippen molar-refractivity contribution in [2.75, 3.05) is 6.54 Å². The van der Waals surface area contributed by atoms with Crippen molar-refractivity contribution in [3.63, 3.8) is 0 Å². The zero-order chi connectivity index (χ0) is 15.9. The fourth-order valence-electron chi connectivity index (χ4n) is 2.49. The van der Waals surface area contributed by atoms with Crippen molar-refractivity contribution in [1.82, 2.24) is 5.32 Å². The second-order valence-electron chi connectivity index (χ2n) is 6.31. The molecule has 0 bridgehead atoms. The Kier molecular flexibility index (Phi) is 9.38. The van der Waals surface area contributed by atoms with Crippen molar-refractivity contribution in [2.24, 2.45) is 11.7 Å². The average Bonchev–Trinajstić information content (AvgIpc) is 2.50. The van der Waals surface area contributed by atoms with Gasteiger partial charge in [0.2, 0.25) is 5.91 Å². The number of hydrogen-bond donors (Lipinski definition) is 2. The van der Waals surface area contributed by atoms with Gasteiger partial charge in [0.25, 0.3) is 0 Å². The first-order valence-electron chi connectivity index (χ1n) is 8.02. The van der Waals surface area contributed by atoms with Gasteiger partial charge in [0, 0.05) is 18.5 Å². The normalized spacial score (nSPS) is 12.6. The van der Waals surface area contributed by atoms with Crippen LogP contribution in [0.3, 0.4) is 0 Å². The maximum absolute atomic E-state index is 12.2. The molecule has 0 radical (unpaired) electrons. The summed E-state index contributed by atoms with van der Waals surface area (Å²) in [6.07, 6.45) is 2.26. The summed E-state index contributed by atoms with van der Waals surface area (Å²) in [6, 6.07) is 10.3. The summed E-state index contributed by atoms with van der Waals surface area (Å²) in [7, 11) is 0. The number of nitrogens with one attached hydrogen (secondary N) is 1. The molecule has 4 heteroatoms. The van der Waals surface area contributed by atoms with Crippen LogP contribution in [-0.4, -0.2) is 18.0 Å². The van der Waals surface area contributed by atoms with Crippen LogP contribution in [0, 0.1) is 5.92 Å². The lowest BCUT2D eigenvalue weighted by molar-refractivity contribution is -0.122. The minimum absolute atomic E-state index is 0. The van der Waals surface area contributed by atoms with E-state index in [0.29, 0.717) is 18.9 Å². The number of amides is 1. The van der Waals surface area contributed by atoms with Crippen LogP contribution in [0.2, 0.25) is 0 Å². The van der Waals surface area contributed by atoms with Crippen molar-refractivity contribution in [3.05, 3.63) is 35.9 Å². The van der Waals surface area contributed by atoms with Gasteiger partial charge in [-0.25, -0.2) is 0 Å². The third kappa shape index (κ3) is 6.37. The third-order valence-corrected chi connectivity index (χ3v) is 4.48. The lowest BCUT2D eigenvalue weighted by Crippen LogP contribution is -2.49. The van der Waals surface area contributed by atoms with Gasteiger partial charge in [-0.3, -0.25) is 4.79 Å². The zero-order valence-electron chi connectivity index (χ0n) is 14.3. The monoisotopic (exact) mass is 326 g/mol. The molecule has 1 rings (SSSR count). The van der Waals surface area contributed by atoms with Gasteiger partial charge in [-0.05, 0) is 30.2 Å². The Hall–Kier alpha value is -1.06. The predicted molar refractivity (Wildman–Crippen MR) is 96.4 cm³/mol. The fraction of sp³-hybridized carbons (Fsp3) is 0.611. The third-order valence-electron chi connectivity index (χ3n) is 4.48. The van der Waals surface area contributed by atoms with Gasteiger partial charge >= 0.3 is 0 Å². The van der Waals surface area contributed by atoms with Gasteiger partial charge in [-0.15, -0.1) is 12.4 Å². The molecule has 0 aliphatic heterocycles. The molecule has 0 fully saturated rings. The van der Waals surface area contributed by atoms with Gasteiger partial charge in [0.05, 0.1) is 0 Å². The smallest absolute Gasteiger partial charge is 0.220 e. The van der Waals surface area contributed by atoms with Crippen LogP contribution in [0.15, 0.2) is 30.3 Å². The lowest BCUT2D eigenvalue weighted by Gasteiger charge is -2.28. The molecule has 1 unspecified atom stereocenters. The van der Waals surface area contributed by atoms with Crippen molar-refractivity contribution >= 4 is 18.3 Å². The quantitative estimate of drug-likeness (QED) is 0.762. The van der Waals surface area contributed by atoms with Crippen molar-refractivity contribution in [3.8, 4) is 0 Å². The number of carbonyl (C=O) groups is 1. The summed E-state index contributed by atoms with van der Waals surface area (Å²) in [5, 5.41) is 3.02. The van der Waals surface area contributed by atoms with E-state index in [-0.39, 0.29) is 29.8 Å². The molecule has 3 nitrogen and oxygen atoms in total. The maximum atomic E-state index is 12.2. The standard InChI is InChI=1S/C18H30N2O.ClH/c1-5-18(19,6-2)13-20-17(21)12-16(14(3)4)15-10-8-7-9-11-15;/h7-11,14,16H,5-6,12-13,19H2,1-4H3,(H,20,21);1H. The molecular formula is C18H31ClN2O. The minimum Gasteiger partial charge on any atom is -0.354 e. The van der Waals surface area contributed by atoms with E-state index in [4.69, 9.17) is 5.73 Å². The van der Waals surface area contributed by atoms with Gasteiger partial charge in [-0.2, -0.15) is 0 Å². The number of carbonyl (C=O) groups excluding carboxylic acids is 1. The Morgan fingerprint density at radius 2 is 1.73 bits per heavy atom. The highest BCUT2D eigenvalue weighted by Gasteiger charge is 2.23. The van der Waals surface area contributed by atoms with E-state index in [1.165, 1.54) is 5.56 Å². The molecule has 0 heterocycles. The minimum atomic E-state index is -0.282. The van der Waals surface area contributed by atoms with E-state index in [9.17, 15) is 4.79 Å². The largest absolute Gasteiger partial charge is 0.354 e. The molecule has 126 valence electrons. The number of hydrogen-bond acceptors (Lipinski definition) is 2. The molecule has 0 spiro atoms. The summed E-state index contributed by atoms with van der Waals surface area (Å²) in [5.74, 6) is 0.772. The summed E-state index contributed by atoms with van der Waals surface area (Å²) >= 11 is 0. The number of halogens is 1. The first-order valence-corrected chi connectivity index (χ1v) is 8.02. The van der Waals surface area contributed by atoms with Crippen molar-refractivity contribution < 1.29 is 4.79 Å². The first-order chi connectivity index (χ1) is 9.91. The van der Waals surface area contributed by atoms with Gasteiger partial charge < -0.3 is 11.1 Å². The summed E-state index contributed by atoms with van der Waals surface area (Å²) in [6.45, 7) is 9.01. The Morgan fingerprint density at radius 3 is 2.18 bits per heavy atom. The highest BCUT2D eigenvalue weighted by molar-refractivity contribution is 5.85. The van der Waals surface area contributed by atoms with Crippen molar-refractivity contribution in [1.29, 1.82) is 0 Å². The second kappa shape index (κ2) is 9.86. The number of nitrogens with two attached hydrogens (primary N) is 1. The molecule has 1 amide bonds. The molecule has 0 saturated heterocycles. The topological polar surface area (TPSA) is 55.1 Å². The molecule has 22 heavy (non-hydrogen) atoms. The highest BCUT2D eigenvalue weighted by Crippen LogP contribution is 2.27. The lowest BCUT2D eigenvalue weighted by atomic mass is 9.85. The first kappa shape index (κ1) is 20.9. The molecular weight excluding hydrogens is 296 g/mol. The molecule has 1 aromatic rings. The van der Waals surface area contributed by atoms with E-state index in [0.717, 1.165) is 12.8 Å². The van der Waals surface area contributed by atoms with Gasteiger partial charge in [0.15, 0.2) is 0 Å². The molecule has 0 aliphatic rings. The van der Waals surface area contributed by atoms with Crippen LogP contribution in [0.4, 0.5) is 0 Å². The van der Waals surface area contributed by atoms with E-state index in [1.807, 2.05) is 18.2 Å². The highest BCUT2D eigenvalue weighted by atomic mass is 35.5. The van der Waals surface area contributed by atoms with E-state index in [2.05, 4.69) is 45.1 Å². The fourth-order valence-corrected chi connectivity index (χ4v) is 2.49. The molecule has 0 aromatic heterocycles. The summed E-state index contributed by atoms with van der Waals surface area (Å²) in [5.41, 5.74) is 7.18. The average molecular weight is 327 g/mol. The van der Waals surface area contributed by atoms with Gasteiger partial charge in [-0.1, -0.05) is 58.0 Å². The molecule has 0 aliphatic carbocycles. The van der Waals surface area contributed by atoms with E-state index < -0.39 is 0 Å². The summed E-state index contributed by atoms with van der Waals surface area (Å²) < 4.78 is 0. The van der Waals surface area contributed by atoms with Crippen LogP contribution in [-0.2, 0) is 4.79 Å². The summed E-state index contributed by atoms with van der Waals surface area (Å²) in [4.78, 5) is 12.2. The van der Waals surface area contributed by atoms with Gasteiger partial charge in [0.1, 0.15) is 0 Å². The number of rotatable bonds is 8. The Bertz CT molecular complexity index is 430. The van der Waals surface area contributed by atoms with E-state index >= 15 is 0 Å². The van der Waals surface area contributed by atoms with Crippen LogP contribution < -0.4 is 11.1 Å². The zero-order valence-corrected chi connectivity index (χ0v) is 15.1. The predicted octanol–water partition coefficient (Wildman–Crippen LogP) is 3.87. The van der Waals surface area contributed by atoms with Crippen LogP contribution in [0.5, 0.6) is 0 Å². The Morgan fingerprint density at radius 1 is 1.18 bits per heavy atom. The van der Waals surface area contributed by atoms with Crippen LogP contribution in [0.1, 0.15) is 58.4 Å². The molecule has 1 atom stereocenters. The Labute approximate surface area is 141 Å². The maximum Gasteiger partial charge on any atom is 0.220 e.